The summed E-state index contributed by atoms with van der Waals surface area (Å²) in [6.07, 6.45) is -4.21. The van der Waals surface area contributed by atoms with Crippen LogP contribution in [-0.2, 0) is 0 Å². The molecular weight excluding hydrogens is 340 g/mol. The summed E-state index contributed by atoms with van der Waals surface area (Å²) in [6, 6.07) is 6.84. The van der Waals surface area contributed by atoms with Gasteiger partial charge in [0, 0.05) is 5.56 Å². The molecule has 2 rings (SSSR count). The SMILES string of the molecule is OC(c1ccc(C(F)F)cc1)c1c(F)ccc(Br)c1F. The van der Waals surface area contributed by atoms with Crippen molar-refractivity contribution >= 4 is 15.9 Å². The molecule has 1 unspecified atom stereocenters. The lowest BCUT2D eigenvalue weighted by atomic mass is 9.99. The van der Waals surface area contributed by atoms with Crippen LogP contribution in [0.4, 0.5) is 17.6 Å². The minimum absolute atomic E-state index is 0.0113. The van der Waals surface area contributed by atoms with Crippen molar-refractivity contribution in [2.24, 2.45) is 0 Å². The number of hydrogen-bond donors (Lipinski definition) is 1. The van der Waals surface area contributed by atoms with E-state index in [1.165, 1.54) is 18.2 Å². The molecule has 2 aromatic rings. The maximum atomic E-state index is 13.8. The van der Waals surface area contributed by atoms with E-state index in [0.717, 1.165) is 18.2 Å². The van der Waals surface area contributed by atoms with E-state index in [2.05, 4.69) is 15.9 Å². The van der Waals surface area contributed by atoms with Crippen molar-refractivity contribution < 1.29 is 22.7 Å². The monoisotopic (exact) mass is 348 g/mol. The highest BCUT2D eigenvalue weighted by atomic mass is 79.9. The fourth-order valence-electron chi connectivity index (χ4n) is 1.78. The Morgan fingerprint density at radius 2 is 1.45 bits per heavy atom. The molecule has 6 heteroatoms. The number of hydrogen-bond acceptors (Lipinski definition) is 1. The van der Waals surface area contributed by atoms with Gasteiger partial charge in [-0.15, -0.1) is 0 Å². The topological polar surface area (TPSA) is 20.2 Å². The fourth-order valence-corrected chi connectivity index (χ4v) is 2.13. The predicted molar refractivity (Wildman–Crippen MR) is 69.5 cm³/mol. The van der Waals surface area contributed by atoms with Gasteiger partial charge in [0.1, 0.15) is 17.7 Å². The van der Waals surface area contributed by atoms with E-state index in [9.17, 15) is 22.7 Å². The molecule has 0 aliphatic heterocycles. The molecule has 1 atom stereocenters. The molecule has 1 nitrogen and oxygen atoms in total. The maximum absolute atomic E-state index is 13.8. The van der Waals surface area contributed by atoms with E-state index in [0.29, 0.717) is 0 Å². The van der Waals surface area contributed by atoms with Gasteiger partial charge in [0.15, 0.2) is 0 Å². The molecule has 1 N–H and O–H groups in total. The van der Waals surface area contributed by atoms with Gasteiger partial charge in [-0.2, -0.15) is 0 Å². The van der Waals surface area contributed by atoms with Crippen LogP contribution in [0.15, 0.2) is 40.9 Å². The third-order valence-electron chi connectivity index (χ3n) is 2.86. The molecule has 2 aromatic carbocycles. The first-order valence-electron chi connectivity index (χ1n) is 5.61. The number of rotatable bonds is 3. The molecule has 0 aliphatic rings. The summed E-state index contributed by atoms with van der Waals surface area (Å²) in [5.41, 5.74) is -0.620. The van der Waals surface area contributed by atoms with Gasteiger partial charge in [-0.25, -0.2) is 17.6 Å². The van der Waals surface area contributed by atoms with Crippen molar-refractivity contribution in [2.75, 3.05) is 0 Å². The average molecular weight is 349 g/mol. The van der Waals surface area contributed by atoms with E-state index < -0.39 is 29.7 Å². The average Bonchev–Trinajstić information content (AvgIpc) is 2.43. The summed E-state index contributed by atoms with van der Waals surface area (Å²) in [6.45, 7) is 0. The molecule has 0 amide bonds. The van der Waals surface area contributed by atoms with Gasteiger partial charge in [0.05, 0.1) is 10.0 Å². The lowest BCUT2D eigenvalue weighted by Gasteiger charge is -2.14. The Balaban J connectivity index is 2.41. The van der Waals surface area contributed by atoms with Crippen molar-refractivity contribution in [3.63, 3.8) is 0 Å². The summed E-state index contributed by atoms with van der Waals surface area (Å²) < 4.78 is 52.3. The largest absolute Gasteiger partial charge is 0.383 e. The van der Waals surface area contributed by atoms with E-state index in [1.54, 1.807) is 0 Å². The molecule has 106 valence electrons. The van der Waals surface area contributed by atoms with Crippen molar-refractivity contribution in [1.29, 1.82) is 0 Å². The standard InChI is InChI=1S/C14H9BrF4O/c15-9-5-6-10(16)11(12(9)17)13(20)7-1-3-8(4-2-7)14(18)19/h1-6,13-14,20H. The van der Waals surface area contributed by atoms with E-state index in [4.69, 9.17) is 0 Å². The van der Waals surface area contributed by atoms with Crippen LogP contribution in [0, 0.1) is 11.6 Å². The summed E-state index contributed by atoms with van der Waals surface area (Å²) >= 11 is 2.90. The van der Waals surface area contributed by atoms with Crippen LogP contribution in [0.5, 0.6) is 0 Å². The zero-order valence-corrected chi connectivity index (χ0v) is 11.5. The summed E-state index contributed by atoms with van der Waals surface area (Å²) in [5.74, 6) is -1.83. The zero-order chi connectivity index (χ0) is 14.9. The number of aliphatic hydroxyl groups is 1. The van der Waals surface area contributed by atoms with Crippen LogP contribution in [0.2, 0.25) is 0 Å². The fraction of sp³-hybridized carbons (Fsp3) is 0.143. The van der Waals surface area contributed by atoms with Gasteiger partial charge in [-0.1, -0.05) is 24.3 Å². The van der Waals surface area contributed by atoms with Crippen LogP contribution < -0.4 is 0 Å². The molecule has 0 radical (unpaired) electrons. The first-order valence-corrected chi connectivity index (χ1v) is 6.40. The van der Waals surface area contributed by atoms with Crippen LogP contribution in [0.3, 0.4) is 0 Å². The molecule has 0 saturated heterocycles. The normalized spacial score (nSPS) is 12.8. The lowest BCUT2D eigenvalue weighted by molar-refractivity contribution is 0.151. The first kappa shape index (κ1) is 15.0. The molecule has 0 fully saturated rings. The maximum Gasteiger partial charge on any atom is 0.263 e. The number of halogens is 5. The Morgan fingerprint density at radius 3 is 2.00 bits per heavy atom. The molecule has 0 spiro atoms. The highest BCUT2D eigenvalue weighted by molar-refractivity contribution is 9.10. The highest BCUT2D eigenvalue weighted by Gasteiger charge is 2.22. The second kappa shape index (κ2) is 5.93. The van der Waals surface area contributed by atoms with Crippen LogP contribution in [-0.4, -0.2) is 5.11 Å². The quantitative estimate of drug-likeness (QED) is 0.627. The number of benzene rings is 2. The summed E-state index contributed by atoms with van der Waals surface area (Å²) in [5, 5.41) is 10.0. The molecule has 0 aliphatic carbocycles. The second-order valence-corrected chi connectivity index (χ2v) is 4.98. The third kappa shape index (κ3) is 2.86. The molecular formula is C14H9BrF4O. The van der Waals surface area contributed by atoms with E-state index in [1.807, 2.05) is 0 Å². The second-order valence-electron chi connectivity index (χ2n) is 4.13. The van der Waals surface area contributed by atoms with Gasteiger partial charge in [0.25, 0.3) is 6.43 Å². The first-order chi connectivity index (χ1) is 9.41. The Morgan fingerprint density at radius 1 is 0.900 bits per heavy atom. The number of aliphatic hydroxyl groups excluding tert-OH is 1. The number of alkyl halides is 2. The Labute approximate surface area is 121 Å². The minimum Gasteiger partial charge on any atom is -0.383 e. The summed E-state index contributed by atoms with van der Waals surface area (Å²) in [4.78, 5) is 0. The molecule has 0 heterocycles. The molecule has 0 saturated carbocycles. The molecule has 0 bridgehead atoms. The van der Waals surface area contributed by atoms with Crippen molar-refractivity contribution in [2.45, 2.75) is 12.5 Å². The Kier molecular flexibility index (Phi) is 4.45. The van der Waals surface area contributed by atoms with Gasteiger partial charge in [-0.3, -0.25) is 0 Å². The van der Waals surface area contributed by atoms with Crippen LogP contribution in [0.25, 0.3) is 0 Å². The predicted octanol–water partition coefficient (Wildman–Crippen LogP) is 4.75. The van der Waals surface area contributed by atoms with Crippen LogP contribution in [0.1, 0.15) is 29.2 Å². The minimum atomic E-state index is -2.64. The van der Waals surface area contributed by atoms with Gasteiger partial charge >= 0.3 is 0 Å². The van der Waals surface area contributed by atoms with Crippen molar-refractivity contribution in [3.05, 3.63) is 69.2 Å². The Hall–Kier alpha value is -1.40. The van der Waals surface area contributed by atoms with Crippen LogP contribution >= 0.6 is 15.9 Å². The van der Waals surface area contributed by atoms with E-state index >= 15 is 0 Å². The molecule has 0 aromatic heterocycles. The van der Waals surface area contributed by atoms with Crippen molar-refractivity contribution in [1.82, 2.24) is 0 Å². The van der Waals surface area contributed by atoms with Gasteiger partial charge in [-0.05, 0) is 33.6 Å². The zero-order valence-electron chi connectivity index (χ0n) is 9.96. The Bertz CT molecular complexity index is 613. The smallest absolute Gasteiger partial charge is 0.263 e. The summed E-state index contributed by atoms with van der Waals surface area (Å²) in [7, 11) is 0. The third-order valence-corrected chi connectivity index (χ3v) is 3.47. The van der Waals surface area contributed by atoms with E-state index in [-0.39, 0.29) is 15.6 Å². The highest BCUT2D eigenvalue weighted by Crippen LogP contribution is 2.31. The molecule has 20 heavy (non-hydrogen) atoms. The van der Waals surface area contributed by atoms with Crippen molar-refractivity contribution in [3.8, 4) is 0 Å². The lowest BCUT2D eigenvalue weighted by Crippen LogP contribution is -2.06. The van der Waals surface area contributed by atoms with Gasteiger partial charge < -0.3 is 5.11 Å². The van der Waals surface area contributed by atoms with Gasteiger partial charge in [0.2, 0.25) is 0 Å².